The predicted octanol–water partition coefficient (Wildman–Crippen LogP) is 6.33. The molecule has 1 aliphatic rings. The number of para-hydroxylation sites is 1. The third-order valence-electron chi connectivity index (χ3n) is 8.36. The molecule has 1 atom stereocenters. The molecule has 0 bridgehead atoms. The van der Waals surface area contributed by atoms with Crippen LogP contribution < -0.4 is 19.5 Å². The van der Waals surface area contributed by atoms with E-state index in [1.165, 1.54) is 0 Å². The van der Waals surface area contributed by atoms with Gasteiger partial charge >= 0.3 is 0 Å². The average molecular weight is 662 g/mol. The lowest BCUT2D eigenvalue weighted by Crippen LogP contribution is -2.49. The van der Waals surface area contributed by atoms with Crippen molar-refractivity contribution < 1.29 is 22.6 Å². The summed E-state index contributed by atoms with van der Waals surface area (Å²) in [4.78, 5) is 12.4. The van der Waals surface area contributed by atoms with E-state index < -0.39 is 10.0 Å². The molecule has 0 saturated carbocycles. The zero-order valence-electron chi connectivity index (χ0n) is 27.9. The zero-order chi connectivity index (χ0) is 33.2. The van der Waals surface area contributed by atoms with E-state index in [0.717, 1.165) is 53.0 Å². The fraction of sp³-hybridized carbons (Fsp3) is 0.444. The first-order valence-corrected chi connectivity index (χ1v) is 18.1. The Morgan fingerprint density at radius 3 is 2.30 bits per heavy atom. The summed E-state index contributed by atoms with van der Waals surface area (Å²) in [5.41, 5.74) is 2.01. The van der Waals surface area contributed by atoms with Crippen molar-refractivity contribution in [2.45, 2.75) is 57.9 Å². The highest BCUT2D eigenvalue weighted by molar-refractivity contribution is 7.89. The minimum Gasteiger partial charge on any atom is -0.494 e. The maximum absolute atomic E-state index is 13.4. The van der Waals surface area contributed by atoms with Gasteiger partial charge in [-0.2, -0.15) is 4.31 Å². The summed E-state index contributed by atoms with van der Waals surface area (Å²) in [7, 11) is -3.60. The van der Waals surface area contributed by atoms with Crippen LogP contribution in [0.5, 0.6) is 17.2 Å². The van der Waals surface area contributed by atoms with E-state index in [1.54, 1.807) is 28.6 Å². The summed E-state index contributed by atoms with van der Waals surface area (Å²) in [6.07, 6.45) is 2.79. The number of rotatable bonds is 16. The van der Waals surface area contributed by atoms with Crippen molar-refractivity contribution in [2.24, 2.45) is 0 Å². The van der Waals surface area contributed by atoms with Gasteiger partial charge in [-0.1, -0.05) is 31.5 Å². The maximum Gasteiger partial charge on any atom is 0.243 e. The Labute approximate surface area is 279 Å². The third kappa shape index (κ3) is 8.51. The molecule has 1 N–H and O–H groups in total. The quantitative estimate of drug-likeness (QED) is 0.138. The molecule has 47 heavy (non-hydrogen) atoms. The van der Waals surface area contributed by atoms with Crippen molar-refractivity contribution in [2.75, 3.05) is 57.9 Å². The van der Waals surface area contributed by atoms with E-state index in [4.69, 9.17) is 24.2 Å². The molecule has 5 rings (SSSR count). The molecule has 1 aliphatic heterocycles. The molecule has 0 radical (unpaired) electrons. The molecule has 2 heterocycles. The number of nitrogens with one attached hydrogen (secondary N) is 1. The van der Waals surface area contributed by atoms with Gasteiger partial charge in [0.05, 0.1) is 36.3 Å². The summed E-state index contributed by atoms with van der Waals surface area (Å²) in [6, 6.07) is 20.7. The van der Waals surface area contributed by atoms with Gasteiger partial charge in [0, 0.05) is 38.1 Å². The van der Waals surface area contributed by atoms with Gasteiger partial charge in [0.25, 0.3) is 0 Å². The first kappa shape index (κ1) is 34.4. The Bertz CT molecular complexity index is 1710. The molecular formula is C36H47N5O5S. The smallest absolute Gasteiger partial charge is 0.243 e. The minimum absolute atomic E-state index is 0.0931. The Hall–Kier alpha value is -3.93. The van der Waals surface area contributed by atoms with Crippen molar-refractivity contribution in [1.29, 1.82) is 0 Å². The van der Waals surface area contributed by atoms with Gasteiger partial charge in [0.2, 0.25) is 10.0 Å². The van der Waals surface area contributed by atoms with E-state index in [0.29, 0.717) is 64.1 Å². The summed E-state index contributed by atoms with van der Waals surface area (Å²) < 4.78 is 45.6. The van der Waals surface area contributed by atoms with Crippen molar-refractivity contribution in [3.63, 3.8) is 0 Å². The topological polar surface area (TPSA) is 106 Å². The van der Waals surface area contributed by atoms with Crippen LogP contribution in [0.2, 0.25) is 0 Å². The second kappa shape index (κ2) is 16.3. The molecule has 11 heteroatoms. The van der Waals surface area contributed by atoms with Crippen molar-refractivity contribution in [1.82, 2.24) is 19.2 Å². The highest BCUT2D eigenvalue weighted by atomic mass is 32.2. The number of benzene rings is 3. The molecule has 10 nitrogen and oxygen atoms in total. The first-order chi connectivity index (χ1) is 22.8. The summed E-state index contributed by atoms with van der Waals surface area (Å²) in [5.74, 6) is 3.70. The molecule has 0 amide bonds. The fourth-order valence-electron chi connectivity index (χ4n) is 5.68. The van der Waals surface area contributed by atoms with E-state index in [9.17, 15) is 8.42 Å². The number of nitrogens with zero attached hydrogens (tertiary/aromatic N) is 4. The van der Waals surface area contributed by atoms with Crippen LogP contribution in [-0.2, 0) is 16.4 Å². The number of fused-ring (bicyclic) bond motifs is 1. The molecule has 1 aromatic heterocycles. The summed E-state index contributed by atoms with van der Waals surface area (Å²) in [5, 5.41) is 4.51. The SMILES string of the molecule is CCCCOc1ccc(S(=O)(=O)N2CCN(C(C)c3nc(NCCc4ccc(OCC)c(OCC)c4)c4ccccc4n3)CC2)cc1. The standard InChI is InChI=1S/C36H47N5O5S/c1-5-8-25-46-29-14-16-30(17-15-29)47(42,43)41-23-21-40(22-24-41)27(4)35-38-32-12-10-9-11-31(32)36(39-35)37-20-19-28-13-18-33(44-6-2)34(26-28)45-7-3/h9-18,26-27H,5-8,19-25H2,1-4H3,(H,37,38,39). The van der Waals surface area contributed by atoms with Gasteiger partial charge < -0.3 is 19.5 Å². The maximum atomic E-state index is 13.4. The van der Waals surface area contributed by atoms with Gasteiger partial charge in [-0.05, 0) is 87.7 Å². The molecule has 4 aromatic rings. The number of sulfonamides is 1. The molecule has 0 aliphatic carbocycles. The number of unbranched alkanes of at least 4 members (excludes halogenated alkanes) is 1. The number of anilines is 1. The lowest BCUT2D eigenvalue weighted by atomic mass is 10.1. The molecule has 1 fully saturated rings. The van der Waals surface area contributed by atoms with Gasteiger partial charge in [0.1, 0.15) is 17.4 Å². The molecule has 1 unspecified atom stereocenters. The van der Waals surface area contributed by atoms with Crippen LogP contribution in [0, 0.1) is 0 Å². The second-order valence-electron chi connectivity index (χ2n) is 11.6. The lowest BCUT2D eigenvalue weighted by molar-refractivity contribution is 0.141. The summed E-state index contributed by atoms with van der Waals surface area (Å²) in [6.45, 7) is 12.5. The zero-order valence-corrected chi connectivity index (χ0v) is 28.8. The Balaban J connectivity index is 1.23. The van der Waals surface area contributed by atoms with E-state index in [1.807, 2.05) is 50.2 Å². The van der Waals surface area contributed by atoms with Crippen LogP contribution in [0.15, 0.2) is 71.6 Å². The molecular weight excluding hydrogens is 614 g/mol. The van der Waals surface area contributed by atoms with E-state index in [2.05, 4.69) is 30.1 Å². The van der Waals surface area contributed by atoms with Crippen LogP contribution in [0.3, 0.4) is 0 Å². The largest absolute Gasteiger partial charge is 0.494 e. The molecule has 252 valence electrons. The first-order valence-electron chi connectivity index (χ1n) is 16.7. The Morgan fingerprint density at radius 2 is 1.57 bits per heavy atom. The number of piperazine rings is 1. The third-order valence-corrected chi connectivity index (χ3v) is 10.3. The van der Waals surface area contributed by atoms with Gasteiger partial charge in [-0.15, -0.1) is 0 Å². The number of hydrogen-bond donors (Lipinski definition) is 1. The predicted molar refractivity (Wildman–Crippen MR) is 186 cm³/mol. The van der Waals surface area contributed by atoms with Crippen molar-refractivity contribution in [3.05, 3.63) is 78.1 Å². The number of hydrogen-bond acceptors (Lipinski definition) is 9. The van der Waals surface area contributed by atoms with Crippen LogP contribution in [0.25, 0.3) is 10.9 Å². The fourth-order valence-corrected chi connectivity index (χ4v) is 7.10. The highest BCUT2D eigenvalue weighted by Gasteiger charge is 2.31. The highest BCUT2D eigenvalue weighted by Crippen LogP contribution is 2.30. The summed E-state index contributed by atoms with van der Waals surface area (Å²) >= 11 is 0. The van der Waals surface area contributed by atoms with Crippen LogP contribution >= 0.6 is 0 Å². The van der Waals surface area contributed by atoms with Gasteiger partial charge in [0.15, 0.2) is 11.5 Å². The second-order valence-corrected chi connectivity index (χ2v) is 13.5. The molecule has 3 aromatic carbocycles. The van der Waals surface area contributed by atoms with Crippen molar-refractivity contribution >= 4 is 26.7 Å². The lowest BCUT2D eigenvalue weighted by Gasteiger charge is -2.36. The van der Waals surface area contributed by atoms with Crippen molar-refractivity contribution in [3.8, 4) is 17.2 Å². The Morgan fingerprint density at radius 1 is 0.851 bits per heavy atom. The van der Waals surface area contributed by atoms with Gasteiger partial charge in [-0.25, -0.2) is 18.4 Å². The monoisotopic (exact) mass is 661 g/mol. The number of aromatic nitrogens is 2. The average Bonchev–Trinajstić information content (AvgIpc) is 3.09. The van der Waals surface area contributed by atoms with Crippen LogP contribution in [0.1, 0.15) is 58.0 Å². The van der Waals surface area contributed by atoms with E-state index >= 15 is 0 Å². The van der Waals surface area contributed by atoms with Gasteiger partial charge in [-0.3, -0.25) is 4.90 Å². The Kier molecular flexibility index (Phi) is 11.9. The molecule has 0 spiro atoms. The van der Waals surface area contributed by atoms with E-state index in [-0.39, 0.29) is 10.9 Å². The van der Waals surface area contributed by atoms with Crippen LogP contribution in [0.4, 0.5) is 5.82 Å². The normalized spacial score (nSPS) is 15.0. The minimum atomic E-state index is -3.60. The molecule has 1 saturated heterocycles. The van der Waals surface area contributed by atoms with Crippen LogP contribution in [-0.4, -0.2) is 80.1 Å². The number of ether oxygens (including phenoxy) is 3.